The average molecular weight is 246 g/mol. The third kappa shape index (κ3) is 2.84. The molecule has 1 saturated heterocycles. The highest BCUT2D eigenvalue weighted by Gasteiger charge is 2.23. The van der Waals surface area contributed by atoms with Gasteiger partial charge in [-0.2, -0.15) is 0 Å². The van der Waals surface area contributed by atoms with Crippen molar-refractivity contribution in [3.8, 4) is 0 Å². The first-order chi connectivity index (χ1) is 8.72. The van der Waals surface area contributed by atoms with E-state index in [1.54, 1.807) is 0 Å². The molecule has 2 rings (SSSR count). The lowest BCUT2D eigenvalue weighted by Crippen LogP contribution is -2.50. The van der Waals surface area contributed by atoms with Crippen LogP contribution < -0.4 is 4.90 Å². The van der Waals surface area contributed by atoms with Crippen molar-refractivity contribution in [1.82, 2.24) is 4.90 Å². The highest BCUT2D eigenvalue weighted by Crippen LogP contribution is 2.17. The number of carbonyl (C=O) groups is 1. The predicted octanol–water partition coefficient (Wildman–Crippen LogP) is 2.38. The average Bonchev–Trinajstić information content (AvgIpc) is 2.47. The van der Waals surface area contributed by atoms with E-state index in [2.05, 4.69) is 36.1 Å². The van der Waals surface area contributed by atoms with Crippen LogP contribution in [0, 0.1) is 5.92 Å². The summed E-state index contributed by atoms with van der Waals surface area (Å²) in [6.45, 7) is 7.66. The molecule has 0 saturated carbocycles. The zero-order valence-electron chi connectivity index (χ0n) is 11.3. The molecule has 3 nitrogen and oxygen atoms in total. The molecule has 1 aromatic carbocycles. The smallest absolute Gasteiger partial charge is 0.225 e. The number of carbonyl (C=O) groups excluding carboxylic acids is 1. The van der Waals surface area contributed by atoms with Crippen LogP contribution in [0.3, 0.4) is 0 Å². The molecule has 0 bridgehead atoms. The van der Waals surface area contributed by atoms with Crippen LogP contribution in [0.2, 0.25) is 0 Å². The first-order valence-corrected chi connectivity index (χ1v) is 6.81. The summed E-state index contributed by atoms with van der Waals surface area (Å²) in [6, 6.07) is 10.4. The van der Waals surface area contributed by atoms with Crippen molar-refractivity contribution in [1.29, 1.82) is 0 Å². The normalized spacial score (nSPS) is 17.7. The monoisotopic (exact) mass is 246 g/mol. The molecule has 0 N–H and O–H groups in total. The Bertz CT molecular complexity index is 383. The molecule has 1 fully saturated rings. The number of piperazine rings is 1. The van der Waals surface area contributed by atoms with Gasteiger partial charge in [-0.1, -0.05) is 32.0 Å². The maximum Gasteiger partial charge on any atom is 0.225 e. The molecule has 0 aliphatic carbocycles. The van der Waals surface area contributed by atoms with Crippen LogP contribution >= 0.6 is 0 Å². The molecular formula is C15H22N2O. The van der Waals surface area contributed by atoms with Crippen LogP contribution in [0.15, 0.2) is 30.3 Å². The predicted molar refractivity (Wildman–Crippen MR) is 74.7 cm³/mol. The van der Waals surface area contributed by atoms with Crippen LogP contribution in [-0.4, -0.2) is 37.0 Å². The van der Waals surface area contributed by atoms with E-state index in [4.69, 9.17) is 0 Å². The minimum Gasteiger partial charge on any atom is -0.368 e. The van der Waals surface area contributed by atoms with Gasteiger partial charge in [-0.15, -0.1) is 0 Å². The van der Waals surface area contributed by atoms with Crippen molar-refractivity contribution >= 4 is 11.6 Å². The standard InChI is InChI=1S/C15H22N2O/c1-3-13(2)15(18)17-11-9-16(10-12-17)14-7-5-4-6-8-14/h4-8,13H,3,9-12H2,1-2H3/t13-/m0/s1. The number of benzene rings is 1. The van der Waals surface area contributed by atoms with E-state index < -0.39 is 0 Å². The number of hydrogen-bond donors (Lipinski definition) is 0. The molecule has 0 radical (unpaired) electrons. The third-order valence-electron chi connectivity index (χ3n) is 3.75. The summed E-state index contributed by atoms with van der Waals surface area (Å²) in [5, 5.41) is 0. The molecule has 1 amide bonds. The van der Waals surface area contributed by atoms with Gasteiger partial charge in [0.05, 0.1) is 0 Å². The molecule has 1 aliphatic rings. The lowest BCUT2D eigenvalue weighted by molar-refractivity contribution is -0.135. The van der Waals surface area contributed by atoms with Gasteiger partial charge < -0.3 is 9.80 Å². The van der Waals surface area contributed by atoms with Crippen LogP contribution in [-0.2, 0) is 4.79 Å². The van der Waals surface area contributed by atoms with Gasteiger partial charge in [0.25, 0.3) is 0 Å². The second-order valence-electron chi connectivity index (χ2n) is 4.96. The summed E-state index contributed by atoms with van der Waals surface area (Å²) in [7, 11) is 0. The van der Waals surface area contributed by atoms with Crippen LogP contribution in [0.4, 0.5) is 5.69 Å². The fraction of sp³-hybridized carbons (Fsp3) is 0.533. The minimum atomic E-state index is 0.160. The minimum absolute atomic E-state index is 0.160. The lowest BCUT2D eigenvalue weighted by atomic mass is 10.1. The number of nitrogens with zero attached hydrogens (tertiary/aromatic N) is 2. The van der Waals surface area contributed by atoms with E-state index in [0.717, 1.165) is 32.6 Å². The topological polar surface area (TPSA) is 23.6 Å². The Kier molecular flexibility index (Phi) is 4.24. The number of anilines is 1. The molecule has 18 heavy (non-hydrogen) atoms. The van der Waals surface area contributed by atoms with Gasteiger partial charge in [0.15, 0.2) is 0 Å². The fourth-order valence-electron chi connectivity index (χ4n) is 2.31. The van der Waals surface area contributed by atoms with E-state index in [9.17, 15) is 4.79 Å². The van der Waals surface area contributed by atoms with E-state index in [1.807, 2.05) is 17.9 Å². The van der Waals surface area contributed by atoms with Crippen molar-refractivity contribution in [2.75, 3.05) is 31.1 Å². The fourth-order valence-corrected chi connectivity index (χ4v) is 2.31. The van der Waals surface area contributed by atoms with Crippen LogP contribution in [0.25, 0.3) is 0 Å². The Balaban J connectivity index is 1.90. The largest absolute Gasteiger partial charge is 0.368 e. The van der Waals surface area contributed by atoms with Crippen molar-refractivity contribution in [3.05, 3.63) is 30.3 Å². The third-order valence-corrected chi connectivity index (χ3v) is 3.75. The highest BCUT2D eigenvalue weighted by atomic mass is 16.2. The van der Waals surface area contributed by atoms with Crippen molar-refractivity contribution in [2.45, 2.75) is 20.3 Å². The summed E-state index contributed by atoms with van der Waals surface area (Å²) in [5.41, 5.74) is 1.26. The molecule has 1 heterocycles. The van der Waals surface area contributed by atoms with Crippen molar-refractivity contribution in [2.24, 2.45) is 5.92 Å². The molecule has 0 spiro atoms. The molecule has 98 valence electrons. The molecule has 0 unspecified atom stereocenters. The highest BCUT2D eigenvalue weighted by molar-refractivity contribution is 5.78. The zero-order valence-corrected chi connectivity index (χ0v) is 11.3. The maximum absolute atomic E-state index is 12.1. The summed E-state index contributed by atoms with van der Waals surface area (Å²) in [5.74, 6) is 0.471. The Labute approximate surface area is 109 Å². The molecule has 1 aromatic rings. The quantitative estimate of drug-likeness (QED) is 0.817. The molecule has 1 aliphatic heterocycles. The van der Waals surface area contributed by atoms with Gasteiger partial charge in [0.2, 0.25) is 5.91 Å². The summed E-state index contributed by atoms with van der Waals surface area (Å²) >= 11 is 0. The van der Waals surface area contributed by atoms with Crippen LogP contribution in [0.1, 0.15) is 20.3 Å². The van der Waals surface area contributed by atoms with Gasteiger partial charge in [0.1, 0.15) is 0 Å². The zero-order chi connectivity index (χ0) is 13.0. The second kappa shape index (κ2) is 5.89. The number of rotatable bonds is 3. The van der Waals surface area contributed by atoms with Gasteiger partial charge in [-0.25, -0.2) is 0 Å². The summed E-state index contributed by atoms with van der Waals surface area (Å²) < 4.78 is 0. The second-order valence-corrected chi connectivity index (χ2v) is 4.96. The van der Waals surface area contributed by atoms with E-state index >= 15 is 0 Å². The number of hydrogen-bond acceptors (Lipinski definition) is 2. The van der Waals surface area contributed by atoms with Gasteiger partial charge in [-0.05, 0) is 18.6 Å². The van der Waals surface area contributed by atoms with Gasteiger partial charge in [0, 0.05) is 37.8 Å². The lowest BCUT2D eigenvalue weighted by Gasteiger charge is -2.37. The van der Waals surface area contributed by atoms with Crippen LogP contribution in [0.5, 0.6) is 0 Å². The number of amides is 1. The Morgan fingerprint density at radius 1 is 1.17 bits per heavy atom. The maximum atomic E-state index is 12.1. The molecular weight excluding hydrogens is 224 g/mol. The Morgan fingerprint density at radius 3 is 2.33 bits per heavy atom. The Hall–Kier alpha value is -1.51. The summed E-state index contributed by atoms with van der Waals surface area (Å²) in [4.78, 5) is 16.4. The SMILES string of the molecule is CC[C@H](C)C(=O)N1CCN(c2ccccc2)CC1. The van der Waals surface area contributed by atoms with Crippen molar-refractivity contribution in [3.63, 3.8) is 0 Å². The van der Waals surface area contributed by atoms with E-state index in [0.29, 0.717) is 5.91 Å². The summed E-state index contributed by atoms with van der Waals surface area (Å²) in [6.07, 6.45) is 0.928. The number of para-hydroxylation sites is 1. The van der Waals surface area contributed by atoms with E-state index in [1.165, 1.54) is 5.69 Å². The first-order valence-electron chi connectivity index (χ1n) is 6.81. The molecule has 0 aromatic heterocycles. The van der Waals surface area contributed by atoms with Crippen molar-refractivity contribution < 1.29 is 4.79 Å². The van der Waals surface area contributed by atoms with Gasteiger partial charge >= 0.3 is 0 Å². The first kappa shape index (κ1) is 12.9. The molecule has 3 heteroatoms. The van der Waals surface area contributed by atoms with Gasteiger partial charge in [-0.3, -0.25) is 4.79 Å². The Morgan fingerprint density at radius 2 is 1.78 bits per heavy atom. The molecule has 1 atom stereocenters. The van der Waals surface area contributed by atoms with E-state index in [-0.39, 0.29) is 5.92 Å².